The number of hydrogen-bond donors (Lipinski definition) is 9. The zero-order chi connectivity index (χ0) is 60.9. The fraction of sp³-hybridized carbons (Fsp3) is 0.814. The van der Waals surface area contributed by atoms with Gasteiger partial charge in [0.1, 0.15) is 48.8 Å². The molecule has 0 aromatic carbocycles. The van der Waals surface area contributed by atoms with Gasteiger partial charge in [0.25, 0.3) is 0 Å². The Morgan fingerprint density at radius 3 is 1.31 bits per heavy atom. The SMILES string of the molecule is C/C=C/CC/C=C/CC/C=C/C(O)C(COC1OC(CO)C(OC2OC(CO)C(O)C(O)C2O)C(O)C1O)NC(=O)CCCCCCCCCCCCCCCCCCCCCCCCCCCC/C=C\C/C=C\C/C=C\CCCCCCC. The monoisotopic (exact) mass is 1190 g/mol. The lowest BCUT2D eigenvalue weighted by atomic mass is 9.97. The summed E-state index contributed by atoms with van der Waals surface area (Å²) in [6.45, 7) is 2.52. The Kier molecular flexibility index (Phi) is 50.4. The first-order chi connectivity index (χ1) is 41.1. The van der Waals surface area contributed by atoms with E-state index in [9.17, 15) is 45.6 Å². The van der Waals surface area contributed by atoms with E-state index in [1.807, 2.05) is 19.1 Å². The largest absolute Gasteiger partial charge is 0.394 e. The van der Waals surface area contributed by atoms with Crippen molar-refractivity contribution in [1.82, 2.24) is 5.32 Å². The summed E-state index contributed by atoms with van der Waals surface area (Å²) in [6, 6.07) is -0.936. The van der Waals surface area contributed by atoms with Crippen LogP contribution in [0.4, 0.5) is 0 Å². The fourth-order valence-electron chi connectivity index (χ4n) is 11.0. The van der Waals surface area contributed by atoms with Crippen molar-refractivity contribution in [3.63, 3.8) is 0 Å². The molecule has 14 heteroatoms. The van der Waals surface area contributed by atoms with Gasteiger partial charge in [-0.25, -0.2) is 0 Å². The Morgan fingerprint density at radius 2 is 0.845 bits per heavy atom. The summed E-state index contributed by atoms with van der Waals surface area (Å²) in [5.74, 6) is -0.254. The molecule has 2 aliphatic rings. The van der Waals surface area contributed by atoms with Crippen molar-refractivity contribution in [3.05, 3.63) is 72.9 Å². The van der Waals surface area contributed by atoms with Crippen molar-refractivity contribution in [2.75, 3.05) is 19.8 Å². The highest BCUT2D eigenvalue weighted by Gasteiger charge is 2.51. The summed E-state index contributed by atoms with van der Waals surface area (Å²) < 4.78 is 22.7. The minimum Gasteiger partial charge on any atom is -0.394 e. The van der Waals surface area contributed by atoms with Crippen LogP contribution in [0.3, 0.4) is 0 Å². The normalized spacial score (nSPS) is 24.1. The van der Waals surface area contributed by atoms with Crippen LogP contribution >= 0.6 is 0 Å². The molecular weight excluding hydrogens is 1060 g/mol. The maximum absolute atomic E-state index is 13.2. The molecule has 84 heavy (non-hydrogen) atoms. The van der Waals surface area contributed by atoms with Gasteiger partial charge in [-0.15, -0.1) is 0 Å². The second-order valence-corrected chi connectivity index (χ2v) is 23.9. The van der Waals surface area contributed by atoms with Crippen molar-refractivity contribution < 1.29 is 64.6 Å². The predicted octanol–water partition coefficient (Wildman–Crippen LogP) is 13.5. The van der Waals surface area contributed by atoms with E-state index in [-0.39, 0.29) is 18.9 Å². The zero-order valence-corrected chi connectivity index (χ0v) is 52.9. The van der Waals surface area contributed by atoms with Crippen LogP contribution in [0, 0.1) is 0 Å². The first kappa shape index (κ1) is 77.5. The van der Waals surface area contributed by atoms with E-state index in [0.717, 1.165) is 51.4 Å². The minimum atomic E-state index is -1.79. The molecule has 2 heterocycles. The summed E-state index contributed by atoms with van der Waals surface area (Å²) in [4.78, 5) is 13.2. The van der Waals surface area contributed by atoms with Gasteiger partial charge in [-0.05, 0) is 77.6 Å². The molecule has 12 unspecified atom stereocenters. The molecule has 12 atom stereocenters. The van der Waals surface area contributed by atoms with Gasteiger partial charge in [-0.3, -0.25) is 4.79 Å². The number of amides is 1. The molecule has 0 saturated carbocycles. The Hall–Kier alpha value is -2.57. The summed E-state index contributed by atoms with van der Waals surface area (Å²) in [5, 5.41) is 86.8. The highest BCUT2D eigenvalue weighted by molar-refractivity contribution is 5.76. The van der Waals surface area contributed by atoms with E-state index in [4.69, 9.17) is 18.9 Å². The molecule has 2 fully saturated rings. The molecule has 2 rings (SSSR count). The Bertz CT molecular complexity index is 1690. The van der Waals surface area contributed by atoms with Crippen molar-refractivity contribution in [1.29, 1.82) is 0 Å². The molecule has 0 aromatic rings. The highest BCUT2D eigenvalue weighted by Crippen LogP contribution is 2.30. The van der Waals surface area contributed by atoms with E-state index in [1.54, 1.807) is 6.08 Å². The van der Waals surface area contributed by atoms with E-state index in [0.29, 0.717) is 12.8 Å². The zero-order valence-electron chi connectivity index (χ0n) is 52.9. The van der Waals surface area contributed by atoms with Gasteiger partial charge in [0, 0.05) is 6.42 Å². The number of hydrogen-bond acceptors (Lipinski definition) is 13. The van der Waals surface area contributed by atoms with E-state index in [1.165, 1.54) is 186 Å². The fourth-order valence-corrected chi connectivity index (χ4v) is 11.0. The number of carbonyl (C=O) groups excluding carboxylic acids is 1. The summed E-state index contributed by atoms with van der Waals surface area (Å²) in [7, 11) is 0. The molecule has 2 saturated heterocycles. The van der Waals surface area contributed by atoms with Crippen LogP contribution in [-0.4, -0.2) is 140 Å². The average Bonchev–Trinajstić information content (AvgIpc) is 2.95. The van der Waals surface area contributed by atoms with Crippen LogP contribution < -0.4 is 5.32 Å². The molecule has 2 aliphatic heterocycles. The summed E-state index contributed by atoms with van der Waals surface area (Å²) in [6.07, 6.45) is 57.6. The number of unbranched alkanes of at least 4 members (excludes halogenated alkanes) is 33. The van der Waals surface area contributed by atoms with Crippen molar-refractivity contribution in [3.8, 4) is 0 Å². The number of aliphatic hydroxyl groups is 8. The summed E-state index contributed by atoms with van der Waals surface area (Å²) >= 11 is 0. The van der Waals surface area contributed by atoms with E-state index < -0.39 is 86.8 Å². The van der Waals surface area contributed by atoms with Gasteiger partial charge in [-0.2, -0.15) is 0 Å². The van der Waals surface area contributed by atoms with Gasteiger partial charge >= 0.3 is 0 Å². The molecule has 0 spiro atoms. The molecule has 14 nitrogen and oxygen atoms in total. The number of allylic oxidation sites excluding steroid dienone is 11. The lowest BCUT2D eigenvalue weighted by Crippen LogP contribution is -2.65. The second kappa shape index (κ2) is 54.6. The third-order valence-corrected chi connectivity index (χ3v) is 16.4. The van der Waals surface area contributed by atoms with Gasteiger partial charge in [0.2, 0.25) is 5.91 Å². The van der Waals surface area contributed by atoms with Gasteiger partial charge in [0.15, 0.2) is 12.6 Å². The van der Waals surface area contributed by atoms with Crippen LogP contribution in [0.1, 0.15) is 271 Å². The first-order valence-corrected chi connectivity index (χ1v) is 34.1. The number of aliphatic hydroxyl groups excluding tert-OH is 8. The number of nitrogens with one attached hydrogen (secondary N) is 1. The summed E-state index contributed by atoms with van der Waals surface area (Å²) in [5.41, 5.74) is 0. The Morgan fingerprint density at radius 1 is 0.452 bits per heavy atom. The third-order valence-electron chi connectivity index (χ3n) is 16.4. The number of rotatable bonds is 55. The average molecular weight is 1190 g/mol. The molecule has 0 radical (unpaired) electrons. The molecular formula is C70H125NO13. The van der Waals surface area contributed by atoms with Crippen molar-refractivity contribution >= 4 is 5.91 Å². The predicted molar refractivity (Wildman–Crippen MR) is 341 cm³/mol. The van der Waals surface area contributed by atoms with E-state index >= 15 is 0 Å². The number of carbonyl (C=O) groups is 1. The van der Waals surface area contributed by atoms with Crippen LogP contribution in [0.25, 0.3) is 0 Å². The van der Waals surface area contributed by atoms with Crippen LogP contribution in [0.2, 0.25) is 0 Å². The molecule has 0 aromatic heterocycles. The van der Waals surface area contributed by atoms with Crippen molar-refractivity contribution in [2.24, 2.45) is 0 Å². The Labute approximate surface area is 510 Å². The molecule has 0 aliphatic carbocycles. The van der Waals surface area contributed by atoms with Crippen LogP contribution in [0.15, 0.2) is 72.9 Å². The van der Waals surface area contributed by atoms with Crippen molar-refractivity contribution in [2.45, 2.75) is 344 Å². The van der Waals surface area contributed by atoms with Gasteiger partial charge < -0.3 is 65.1 Å². The smallest absolute Gasteiger partial charge is 0.220 e. The maximum Gasteiger partial charge on any atom is 0.220 e. The maximum atomic E-state index is 13.2. The molecule has 488 valence electrons. The second-order valence-electron chi connectivity index (χ2n) is 23.9. The quantitative estimate of drug-likeness (QED) is 0.0204. The standard InChI is InChI=1S/C70H125NO13/c1-3-5-7-9-11-13-14-15-16-17-18-19-20-21-22-23-24-25-26-27-28-29-30-31-32-33-34-35-36-37-38-39-40-41-42-43-44-46-48-50-52-54-62(75)71-58(59(74)53-51-49-47-45-12-10-8-6-4-2)57-81-69-67(80)65(78)68(61(56-73)83-69)84-70-66(79)64(77)63(76)60(55-72)82-70/h4,6,12,14-15,17-18,20-21,45,51,53,58-61,63-70,72-74,76-80H,3,5,7-11,13,16,19,22-44,46-50,52,54-57H2,1-2H3,(H,71,75)/b6-4+,15-14-,18-17-,21-20-,45-12+,53-51+. The van der Waals surface area contributed by atoms with Gasteiger partial charge in [0.05, 0.1) is 32.0 Å². The van der Waals surface area contributed by atoms with Gasteiger partial charge in [-0.1, -0.05) is 260 Å². The first-order valence-electron chi connectivity index (χ1n) is 34.1. The highest BCUT2D eigenvalue weighted by atomic mass is 16.7. The lowest BCUT2D eigenvalue weighted by Gasteiger charge is -2.46. The molecule has 1 amide bonds. The van der Waals surface area contributed by atoms with Crippen LogP contribution in [-0.2, 0) is 23.7 Å². The third kappa shape index (κ3) is 38.7. The lowest BCUT2D eigenvalue weighted by molar-refractivity contribution is -0.359. The van der Waals surface area contributed by atoms with E-state index in [2.05, 4.69) is 66.9 Å². The molecule has 9 N–H and O–H groups in total. The Balaban J connectivity index is 1.50. The minimum absolute atomic E-state index is 0.254. The topological polar surface area (TPSA) is 228 Å². The van der Waals surface area contributed by atoms with Crippen LogP contribution in [0.5, 0.6) is 0 Å². The molecule has 0 bridgehead atoms. The number of ether oxygens (including phenoxy) is 4.